The first-order valence-electron chi connectivity index (χ1n) is 6.85. The highest BCUT2D eigenvalue weighted by Gasteiger charge is 2.21. The molecule has 0 amide bonds. The number of hydrogen-bond acceptors (Lipinski definition) is 5. The quantitative estimate of drug-likeness (QED) is 0.667. The fourth-order valence-electron chi connectivity index (χ4n) is 2.40. The normalized spacial score (nSPS) is 19.7. The number of piperazine rings is 1. The van der Waals surface area contributed by atoms with E-state index < -0.39 is 0 Å². The Morgan fingerprint density at radius 2 is 2.00 bits per heavy atom. The van der Waals surface area contributed by atoms with Gasteiger partial charge < -0.3 is 14.7 Å². The van der Waals surface area contributed by atoms with Crippen LogP contribution in [0.1, 0.15) is 26.2 Å². The predicted molar refractivity (Wildman–Crippen MR) is 70.4 cm³/mol. The van der Waals surface area contributed by atoms with Crippen LogP contribution in [0.3, 0.4) is 0 Å². The topological polar surface area (TPSA) is 53.0 Å². The number of ether oxygens (including phenoxy) is 1. The summed E-state index contributed by atoms with van der Waals surface area (Å²) in [5, 5.41) is 9.27. The monoisotopic (exact) mass is 258 g/mol. The molecule has 1 rings (SSSR count). The summed E-state index contributed by atoms with van der Waals surface area (Å²) in [6.45, 7) is 7.39. The summed E-state index contributed by atoms with van der Waals surface area (Å²) in [7, 11) is 1.43. The third-order valence-electron chi connectivity index (χ3n) is 3.69. The molecule has 5 nitrogen and oxygen atoms in total. The Hall–Kier alpha value is -0.650. The summed E-state index contributed by atoms with van der Waals surface area (Å²) in [4.78, 5) is 15.7. The van der Waals surface area contributed by atoms with Crippen LogP contribution < -0.4 is 0 Å². The average Bonchev–Trinajstić information content (AvgIpc) is 2.41. The molecule has 1 saturated heterocycles. The van der Waals surface area contributed by atoms with Crippen molar-refractivity contribution in [3.8, 4) is 0 Å². The third-order valence-corrected chi connectivity index (χ3v) is 3.69. The first-order chi connectivity index (χ1) is 8.71. The minimum atomic E-state index is -0.125. The van der Waals surface area contributed by atoms with E-state index in [0.29, 0.717) is 12.5 Å². The Kier molecular flexibility index (Phi) is 7.23. The van der Waals surface area contributed by atoms with E-state index >= 15 is 0 Å². The van der Waals surface area contributed by atoms with E-state index in [1.807, 2.05) is 0 Å². The Labute approximate surface area is 110 Å². The van der Waals surface area contributed by atoms with Gasteiger partial charge in [-0.1, -0.05) is 6.92 Å². The van der Waals surface area contributed by atoms with Gasteiger partial charge in [0.15, 0.2) is 0 Å². The summed E-state index contributed by atoms with van der Waals surface area (Å²) in [5.74, 6) is -0.125. The molecule has 1 unspecified atom stereocenters. The van der Waals surface area contributed by atoms with E-state index in [-0.39, 0.29) is 12.6 Å². The van der Waals surface area contributed by atoms with Crippen molar-refractivity contribution >= 4 is 5.97 Å². The maximum absolute atomic E-state index is 11.0. The largest absolute Gasteiger partial charge is 0.469 e. The summed E-state index contributed by atoms with van der Waals surface area (Å²) in [6.07, 6.45) is 2.37. The van der Waals surface area contributed by atoms with E-state index in [2.05, 4.69) is 21.5 Å². The molecule has 106 valence electrons. The Bertz CT molecular complexity index is 236. The molecule has 18 heavy (non-hydrogen) atoms. The highest BCUT2D eigenvalue weighted by molar-refractivity contribution is 5.69. The van der Waals surface area contributed by atoms with Crippen LogP contribution in [0, 0.1) is 0 Å². The number of rotatable bonds is 7. The van der Waals surface area contributed by atoms with E-state index in [4.69, 9.17) is 0 Å². The van der Waals surface area contributed by atoms with Crippen LogP contribution >= 0.6 is 0 Å². The van der Waals surface area contributed by atoms with Gasteiger partial charge in [-0.15, -0.1) is 0 Å². The van der Waals surface area contributed by atoms with Crippen LogP contribution in [0.25, 0.3) is 0 Å². The Balaban J connectivity index is 2.17. The lowest BCUT2D eigenvalue weighted by molar-refractivity contribution is -0.140. The number of hydrogen-bond donors (Lipinski definition) is 1. The molecule has 0 bridgehead atoms. The van der Waals surface area contributed by atoms with Gasteiger partial charge in [0.25, 0.3) is 0 Å². The van der Waals surface area contributed by atoms with Crippen LogP contribution in [0.15, 0.2) is 0 Å². The van der Waals surface area contributed by atoms with Crippen molar-refractivity contribution in [1.29, 1.82) is 0 Å². The van der Waals surface area contributed by atoms with Crippen LogP contribution in [0.4, 0.5) is 0 Å². The molecule has 1 atom stereocenters. The third kappa shape index (κ3) is 4.92. The molecular weight excluding hydrogens is 232 g/mol. The molecule has 0 aromatic carbocycles. The maximum Gasteiger partial charge on any atom is 0.305 e. The summed E-state index contributed by atoms with van der Waals surface area (Å²) in [6, 6.07) is 0.308. The summed E-state index contributed by atoms with van der Waals surface area (Å²) < 4.78 is 4.62. The van der Waals surface area contributed by atoms with Gasteiger partial charge in [-0.25, -0.2) is 0 Å². The number of carbonyl (C=O) groups excluding carboxylic acids is 1. The second-order valence-electron chi connectivity index (χ2n) is 4.80. The van der Waals surface area contributed by atoms with Crippen molar-refractivity contribution in [3.63, 3.8) is 0 Å². The Morgan fingerprint density at radius 3 is 2.50 bits per heavy atom. The zero-order valence-corrected chi connectivity index (χ0v) is 11.6. The minimum Gasteiger partial charge on any atom is -0.469 e. The molecule has 1 N–H and O–H groups in total. The summed E-state index contributed by atoms with van der Waals surface area (Å²) in [5.41, 5.74) is 0. The molecule has 1 aliphatic heterocycles. The number of aliphatic hydroxyl groups is 1. The van der Waals surface area contributed by atoms with Crippen LogP contribution in [0.2, 0.25) is 0 Å². The fourth-order valence-corrected chi connectivity index (χ4v) is 2.40. The van der Waals surface area contributed by atoms with Crippen molar-refractivity contribution in [2.24, 2.45) is 0 Å². The number of methoxy groups -OCH3 is 1. The van der Waals surface area contributed by atoms with Gasteiger partial charge in [0.1, 0.15) is 0 Å². The lowest BCUT2D eigenvalue weighted by Crippen LogP contribution is -2.51. The van der Waals surface area contributed by atoms with Gasteiger partial charge in [-0.05, 0) is 19.4 Å². The van der Waals surface area contributed by atoms with Crippen molar-refractivity contribution in [3.05, 3.63) is 0 Å². The number of nitrogens with zero attached hydrogens (tertiary/aromatic N) is 2. The minimum absolute atomic E-state index is 0.125. The first kappa shape index (κ1) is 15.4. The molecule has 5 heteroatoms. The van der Waals surface area contributed by atoms with Crippen molar-refractivity contribution in [2.75, 3.05) is 46.4 Å². The van der Waals surface area contributed by atoms with Crippen molar-refractivity contribution < 1.29 is 14.6 Å². The second kappa shape index (κ2) is 8.45. The van der Waals surface area contributed by atoms with Gasteiger partial charge in [-0.2, -0.15) is 0 Å². The zero-order valence-electron chi connectivity index (χ0n) is 11.6. The predicted octanol–water partition coefficient (Wildman–Crippen LogP) is 0.328. The number of aliphatic hydroxyl groups excluding tert-OH is 1. The van der Waals surface area contributed by atoms with E-state index in [0.717, 1.165) is 45.6 Å². The zero-order chi connectivity index (χ0) is 13.4. The smallest absolute Gasteiger partial charge is 0.305 e. The molecule has 0 saturated carbocycles. The summed E-state index contributed by atoms with van der Waals surface area (Å²) >= 11 is 0. The lowest BCUT2D eigenvalue weighted by Gasteiger charge is -2.38. The molecule has 0 aromatic heterocycles. The van der Waals surface area contributed by atoms with E-state index in [9.17, 15) is 9.90 Å². The van der Waals surface area contributed by atoms with E-state index in [1.165, 1.54) is 7.11 Å². The van der Waals surface area contributed by atoms with Gasteiger partial charge in [0.2, 0.25) is 0 Å². The van der Waals surface area contributed by atoms with Gasteiger partial charge in [0, 0.05) is 38.6 Å². The lowest BCUT2D eigenvalue weighted by atomic mass is 10.1. The average molecular weight is 258 g/mol. The standard InChI is InChI=1S/C13H26N2O3/c1-3-12(11-16)15-9-7-14(8-10-15)6-4-5-13(17)18-2/h12,16H,3-11H2,1-2H3. The number of esters is 1. The van der Waals surface area contributed by atoms with Crippen LogP contribution in [-0.4, -0.2) is 73.4 Å². The highest BCUT2D eigenvalue weighted by Crippen LogP contribution is 2.09. The first-order valence-corrected chi connectivity index (χ1v) is 6.85. The van der Waals surface area contributed by atoms with E-state index in [1.54, 1.807) is 0 Å². The Morgan fingerprint density at radius 1 is 1.33 bits per heavy atom. The molecule has 0 aromatic rings. The second-order valence-corrected chi connectivity index (χ2v) is 4.80. The molecular formula is C13H26N2O3. The van der Waals surface area contributed by atoms with Crippen LogP contribution in [0.5, 0.6) is 0 Å². The highest BCUT2D eigenvalue weighted by atomic mass is 16.5. The SMILES string of the molecule is CCC(CO)N1CCN(CCCC(=O)OC)CC1. The van der Waals surface area contributed by atoms with Crippen molar-refractivity contribution in [1.82, 2.24) is 9.80 Å². The van der Waals surface area contributed by atoms with Gasteiger partial charge in [0.05, 0.1) is 13.7 Å². The molecule has 0 spiro atoms. The molecule has 1 fully saturated rings. The molecule has 0 radical (unpaired) electrons. The molecule has 1 aliphatic rings. The van der Waals surface area contributed by atoms with Gasteiger partial charge >= 0.3 is 5.97 Å². The number of carbonyl (C=O) groups is 1. The van der Waals surface area contributed by atoms with Crippen LogP contribution in [-0.2, 0) is 9.53 Å². The molecule has 1 heterocycles. The fraction of sp³-hybridized carbons (Fsp3) is 0.923. The maximum atomic E-state index is 11.0. The molecule has 0 aliphatic carbocycles. The van der Waals surface area contributed by atoms with Gasteiger partial charge in [-0.3, -0.25) is 9.69 Å². The van der Waals surface area contributed by atoms with Crippen molar-refractivity contribution in [2.45, 2.75) is 32.2 Å².